The van der Waals surface area contributed by atoms with Crippen molar-refractivity contribution in [2.75, 3.05) is 12.3 Å². The molecule has 2 heteroatoms. The van der Waals surface area contributed by atoms with Gasteiger partial charge in [-0.25, -0.2) is 0 Å². The molecule has 0 spiro atoms. The standard InChI is InChI=1S/C14H29NS/c1-5-10-15-13-8-6-7-12(13)9-11-16-14(2,3)4/h12-13,15H,5-11H2,1-4H3. The van der Waals surface area contributed by atoms with Crippen molar-refractivity contribution in [1.29, 1.82) is 0 Å². The maximum Gasteiger partial charge on any atom is 0.00956 e. The molecule has 1 rings (SSSR count). The van der Waals surface area contributed by atoms with E-state index in [1.807, 2.05) is 0 Å². The third kappa shape index (κ3) is 5.58. The topological polar surface area (TPSA) is 12.0 Å². The van der Waals surface area contributed by atoms with Crippen LogP contribution in [0.25, 0.3) is 0 Å². The summed E-state index contributed by atoms with van der Waals surface area (Å²) in [5.74, 6) is 2.28. The van der Waals surface area contributed by atoms with Crippen molar-refractivity contribution < 1.29 is 0 Å². The summed E-state index contributed by atoms with van der Waals surface area (Å²) in [6.45, 7) is 10.4. The first-order valence-electron chi connectivity index (χ1n) is 6.90. The molecule has 0 aromatic rings. The van der Waals surface area contributed by atoms with Gasteiger partial charge in [-0.15, -0.1) is 0 Å². The van der Waals surface area contributed by atoms with Gasteiger partial charge in [0.1, 0.15) is 0 Å². The number of nitrogens with one attached hydrogen (secondary N) is 1. The Bertz CT molecular complexity index is 186. The second-order valence-electron chi connectivity index (χ2n) is 6.00. The van der Waals surface area contributed by atoms with Crippen LogP contribution in [0.2, 0.25) is 0 Å². The minimum atomic E-state index is 0.435. The van der Waals surface area contributed by atoms with Crippen molar-refractivity contribution in [3.8, 4) is 0 Å². The van der Waals surface area contributed by atoms with Crippen LogP contribution >= 0.6 is 11.8 Å². The van der Waals surface area contributed by atoms with E-state index in [0.717, 1.165) is 12.0 Å². The van der Waals surface area contributed by atoms with Crippen LogP contribution in [0.3, 0.4) is 0 Å². The van der Waals surface area contributed by atoms with E-state index in [-0.39, 0.29) is 0 Å². The predicted molar refractivity (Wildman–Crippen MR) is 76.3 cm³/mol. The fraction of sp³-hybridized carbons (Fsp3) is 1.00. The maximum atomic E-state index is 3.72. The Kier molecular flexibility index (Phi) is 6.20. The van der Waals surface area contributed by atoms with Gasteiger partial charge in [0.15, 0.2) is 0 Å². The molecule has 96 valence electrons. The quantitative estimate of drug-likeness (QED) is 0.754. The van der Waals surface area contributed by atoms with E-state index in [1.165, 1.54) is 44.4 Å². The molecule has 0 bridgehead atoms. The van der Waals surface area contributed by atoms with Gasteiger partial charge in [0, 0.05) is 10.8 Å². The number of hydrogen-bond donors (Lipinski definition) is 1. The van der Waals surface area contributed by atoms with Gasteiger partial charge in [0.25, 0.3) is 0 Å². The Morgan fingerprint density at radius 1 is 1.25 bits per heavy atom. The molecule has 2 atom stereocenters. The van der Waals surface area contributed by atoms with Gasteiger partial charge in [-0.05, 0) is 43.9 Å². The fourth-order valence-electron chi connectivity index (χ4n) is 2.50. The lowest BCUT2D eigenvalue weighted by atomic mass is 10.0. The second kappa shape index (κ2) is 6.90. The molecule has 0 amide bonds. The first kappa shape index (κ1) is 14.4. The molecule has 0 aromatic carbocycles. The van der Waals surface area contributed by atoms with Crippen LogP contribution in [0.4, 0.5) is 0 Å². The van der Waals surface area contributed by atoms with Crippen LogP contribution in [0, 0.1) is 5.92 Å². The van der Waals surface area contributed by atoms with Gasteiger partial charge < -0.3 is 5.32 Å². The van der Waals surface area contributed by atoms with E-state index < -0.39 is 0 Å². The SMILES string of the molecule is CCCNC1CCCC1CCSC(C)(C)C. The number of rotatable bonds is 6. The zero-order valence-corrected chi connectivity index (χ0v) is 12.3. The lowest BCUT2D eigenvalue weighted by Gasteiger charge is -2.23. The molecule has 0 aliphatic heterocycles. The molecule has 0 heterocycles. The Labute approximate surface area is 106 Å². The van der Waals surface area contributed by atoms with Crippen LogP contribution in [0.1, 0.15) is 59.8 Å². The summed E-state index contributed by atoms with van der Waals surface area (Å²) in [5.41, 5.74) is 0. The van der Waals surface area contributed by atoms with E-state index in [0.29, 0.717) is 4.75 Å². The lowest BCUT2D eigenvalue weighted by molar-refractivity contribution is 0.393. The zero-order chi connectivity index (χ0) is 12.0. The summed E-state index contributed by atoms with van der Waals surface area (Å²) < 4.78 is 0.435. The molecule has 1 aliphatic carbocycles. The first-order chi connectivity index (χ1) is 7.53. The highest BCUT2D eigenvalue weighted by atomic mass is 32.2. The summed E-state index contributed by atoms with van der Waals surface area (Å²) in [7, 11) is 0. The maximum absolute atomic E-state index is 3.72. The van der Waals surface area contributed by atoms with E-state index in [1.54, 1.807) is 0 Å². The van der Waals surface area contributed by atoms with Gasteiger partial charge in [-0.3, -0.25) is 0 Å². The monoisotopic (exact) mass is 243 g/mol. The van der Waals surface area contributed by atoms with Crippen molar-refractivity contribution in [3.05, 3.63) is 0 Å². The molecule has 2 unspecified atom stereocenters. The molecule has 1 fully saturated rings. The molecule has 1 N–H and O–H groups in total. The predicted octanol–water partition coefficient (Wildman–Crippen LogP) is 4.08. The molecule has 1 nitrogen and oxygen atoms in total. The highest BCUT2D eigenvalue weighted by molar-refractivity contribution is 8.00. The molecule has 16 heavy (non-hydrogen) atoms. The smallest absolute Gasteiger partial charge is 0.00956 e. The third-order valence-corrected chi connectivity index (χ3v) is 4.65. The fourth-order valence-corrected chi connectivity index (χ4v) is 3.53. The second-order valence-corrected chi connectivity index (χ2v) is 7.92. The average molecular weight is 243 g/mol. The highest BCUT2D eigenvalue weighted by Crippen LogP contribution is 2.32. The van der Waals surface area contributed by atoms with Gasteiger partial charge in [0.05, 0.1) is 0 Å². The minimum Gasteiger partial charge on any atom is -0.314 e. The zero-order valence-electron chi connectivity index (χ0n) is 11.5. The summed E-state index contributed by atoms with van der Waals surface area (Å²) in [6, 6.07) is 0.820. The molecule has 0 aromatic heterocycles. The van der Waals surface area contributed by atoms with Crippen LogP contribution in [0.5, 0.6) is 0 Å². The minimum absolute atomic E-state index is 0.435. The van der Waals surface area contributed by atoms with Crippen LogP contribution in [-0.2, 0) is 0 Å². The molecule has 0 radical (unpaired) electrons. The van der Waals surface area contributed by atoms with Crippen LogP contribution in [-0.4, -0.2) is 23.1 Å². The summed E-state index contributed by atoms with van der Waals surface area (Å²) in [5, 5.41) is 3.72. The van der Waals surface area contributed by atoms with Crippen molar-refractivity contribution in [1.82, 2.24) is 5.32 Å². The van der Waals surface area contributed by atoms with Crippen LogP contribution < -0.4 is 5.32 Å². The first-order valence-corrected chi connectivity index (χ1v) is 7.89. The Hall–Kier alpha value is 0.310. The van der Waals surface area contributed by atoms with Crippen molar-refractivity contribution in [2.24, 2.45) is 5.92 Å². The summed E-state index contributed by atoms with van der Waals surface area (Å²) in [6.07, 6.45) is 6.96. The molecule has 1 aliphatic rings. The van der Waals surface area contributed by atoms with Crippen molar-refractivity contribution in [3.63, 3.8) is 0 Å². The Morgan fingerprint density at radius 2 is 2.00 bits per heavy atom. The summed E-state index contributed by atoms with van der Waals surface area (Å²) in [4.78, 5) is 0. The van der Waals surface area contributed by atoms with E-state index >= 15 is 0 Å². The molecule has 1 saturated carbocycles. The van der Waals surface area contributed by atoms with E-state index in [2.05, 4.69) is 44.8 Å². The largest absolute Gasteiger partial charge is 0.314 e. The average Bonchev–Trinajstić information content (AvgIpc) is 2.60. The highest BCUT2D eigenvalue weighted by Gasteiger charge is 2.26. The third-order valence-electron chi connectivity index (χ3n) is 3.34. The van der Waals surface area contributed by atoms with E-state index in [9.17, 15) is 0 Å². The van der Waals surface area contributed by atoms with Crippen molar-refractivity contribution >= 4 is 11.8 Å². The molecular formula is C14H29NS. The van der Waals surface area contributed by atoms with Gasteiger partial charge in [-0.2, -0.15) is 11.8 Å². The van der Waals surface area contributed by atoms with Gasteiger partial charge >= 0.3 is 0 Å². The number of hydrogen-bond acceptors (Lipinski definition) is 2. The van der Waals surface area contributed by atoms with Crippen molar-refractivity contribution in [2.45, 2.75) is 70.6 Å². The van der Waals surface area contributed by atoms with E-state index in [4.69, 9.17) is 0 Å². The normalized spacial score (nSPS) is 26.2. The lowest BCUT2D eigenvalue weighted by Crippen LogP contribution is -2.33. The molecule has 0 saturated heterocycles. The van der Waals surface area contributed by atoms with Gasteiger partial charge in [0.2, 0.25) is 0 Å². The Morgan fingerprint density at radius 3 is 2.62 bits per heavy atom. The Balaban J connectivity index is 2.19. The summed E-state index contributed by atoms with van der Waals surface area (Å²) >= 11 is 2.12. The number of thioether (sulfide) groups is 1. The van der Waals surface area contributed by atoms with Crippen LogP contribution in [0.15, 0.2) is 0 Å². The molecular weight excluding hydrogens is 214 g/mol. The van der Waals surface area contributed by atoms with Gasteiger partial charge in [-0.1, -0.05) is 34.1 Å².